The normalized spacial score (nSPS) is 15.2. The molecule has 1 saturated heterocycles. The average molecular weight is 418 g/mol. The first-order chi connectivity index (χ1) is 15.1. The van der Waals surface area contributed by atoms with Crippen LogP contribution in [0.2, 0.25) is 0 Å². The molecule has 5 heteroatoms. The molecule has 1 fully saturated rings. The molecule has 0 atom stereocenters. The van der Waals surface area contributed by atoms with E-state index in [-0.39, 0.29) is 5.91 Å². The molecule has 1 aliphatic heterocycles. The van der Waals surface area contributed by atoms with Crippen LogP contribution < -0.4 is 0 Å². The average Bonchev–Trinajstić information content (AvgIpc) is 3.24. The summed E-state index contributed by atoms with van der Waals surface area (Å²) in [4.78, 5) is 22.2. The fourth-order valence-corrected chi connectivity index (χ4v) is 4.06. The van der Waals surface area contributed by atoms with Crippen LogP contribution in [-0.4, -0.2) is 33.8 Å². The molecule has 4 rings (SSSR count). The van der Waals surface area contributed by atoms with E-state index in [2.05, 4.69) is 16.8 Å². The monoisotopic (exact) mass is 417 g/mol. The Morgan fingerprint density at radius 3 is 2.55 bits per heavy atom. The van der Waals surface area contributed by atoms with Gasteiger partial charge in [-0.05, 0) is 68.6 Å². The SMILES string of the molecule is Cc1cccc(CN(Cc2ccccc2)C(=O)c2ccc(CN3CCC(C)CC3)o2)n1. The van der Waals surface area contributed by atoms with Crippen LogP contribution in [0.4, 0.5) is 0 Å². The van der Waals surface area contributed by atoms with E-state index in [1.165, 1.54) is 12.8 Å². The molecule has 5 nitrogen and oxygen atoms in total. The number of piperidine rings is 1. The summed E-state index contributed by atoms with van der Waals surface area (Å²) in [6, 6.07) is 19.7. The summed E-state index contributed by atoms with van der Waals surface area (Å²) in [5, 5.41) is 0. The molecule has 162 valence electrons. The Kier molecular flexibility index (Phi) is 6.82. The van der Waals surface area contributed by atoms with Crippen molar-refractivity contribution in [2.45, 2.75) is 46.3 Å². The number of aryl methyl sites for hydroxylation is 1. The van der Waals surface area contributed by atoms with Crippen molar-refractivity contribution in [3.63, 3.8) is 0 Å². The zero-order chi connectivity index (χ0) is 21.6. The van der Waals surface area contributed by atoms with E-state index in [0.717, 1.165) is 48.3 Å². The summed E-state index contributed by atoms with van der Waals surface area (Å²) in [6.07, 6.45) is 2.45. The molecule has 3 aromatic rings. The van der Waals surface area contributed by atoms with Crippen molar-refractivity contribution in [2.24, 2.45) is 5.92 Å². The molecular formula is C26H31N3O2. The van der Waals surface area contributed by atoms with Gasteiger partial charge in [0.05, 0.1) is 18.8 Å². The number of hydrogen-bond donors (Lipinski definition) is 0. The molecule has 0 saturated carbocycles. The Bertz CT molecular complexity index is 991. The standard InChI is InChI=1S/C26H31N3O2/c1-20-13-15-28(16-14-20)19-24-11-12-25(31-24)26(30)29(17-22-8-4-3-5-9-22)18-23-10-6-7-21(2)27-23/h3-12,20H,13-19H2,1-2H3. The van der Waals surface area contributed by atoms with Crippen LogP contribution in [0.25, 0.3) is 0 Å². The lowest BCUT2D eigenvalue weighted by Gasteiger charge is -2.29. The minimum Gasteiger partial charge on any atom is -0.455 e. The number of furan rings is 1. The van der Waals surface area contributed by atoms with Gasteiger partial charge in [0, 0.05) is 12.2 Å². The Morgan fingerprint density at radius 2 is 1.81 bits per heavy atom. The summed E-state index contributed by atoms with van der Waals surface area (Å²) >= 11 is 0. The van der Waals surface area contributed by atoms with Crippen LogP contribution in [0.15, 0.2) is 65.1 Å². The third-order valence-electron chi connectivity index (χ3n) is 5.93. The maximum Gasteiger partial charge on any atom is 0.290 e. The third-order valence-corrected chi connectivity index (χ3v) is 5.93. The number of hydrogen-bond acceptors (Lipinski definition) is 4. The van der Waals surface area contributed by atoms with E-state index in [9.17, 15) is 4.79 Å². The van der Waals surface area contributed by atoms with Crippen LogP contribution in [0.1, 0.15) is 53.0 Å². The van der Waals surface area contributed by atoms with E-state index in [0.29, 0.717) is 18.8 Å². The van der Waals surface area contributed by atoms with Gasteiger partial charge in [0.25, 0.3) is 5.91 Å². The van der Waals surface area contributed by atoms with Crippen molar-refractivity contribution >= 4 is 5.91 Å². The fraction of sp³-hybridized carbons (Fsp3) is 0.385. The summed E-state index contributed by atoms with van der Waals surface area (Å²) in [5.74, 6) is 1.94. The summed E-state index contributed by atoms with van der Waals surface area (Å²) in [7, 11) is 0. The minimum atomic E-state index is -0.106. The van der Waals surface area contributed by atoms with Gasteiger partial charge in [-0.15, -0.1) is 0 Å². The minimum absolute atomic E-state index is 0.106. The lowest BCUT2D eigenvalue weighted by molar-refractivity contribution is 0.0690. The number of amides is 1. The Hall–Kier alpha value is -2.92. The maximum atomic E-state index is 13.4. The summed E-state index contributed by atoms with van der Waals surface area (Å²) < 4.78 is 6.00. The van der Waals surface area contributed by atoms with E-state index < -0.39 is 0 Å². The number of rotatable bonds is 7. The number of benzene rings is 1. The number of aromatic nitrogens is 1. The van der Waals surface area contributed by atoms with Crippen LogP contribution >= 0.6 is 0 Å². The van der Waals surface area contributed by atoms with E-state index in [1.54, 1.807) is 0 Å². The molecule has 1 aromatic carbocycles. The van der Waals surface area contributed by atoms with Crippen LogP contribution in [-0.2, 0) is 19.6 Å². The molecule has 0 spiro atoms. The molecule has 0 bridgehead atoms. The van der Waals surface area contributed by atoms with Crippen LogP contribution in [0.5, 0.6) is 0 Å². The van der Waals surface area contributed by atoms with Gasteiger partial charge in [-0.1, -0.05) is 43.3 Å². The Balaban J connectivity index is 1.49. The number of nitrogens with zero attached hydrogens (tertiary/aromatic N) is 3. The van der Waals surface area contributed by atoms with E-state index in [1.807, 2.05) is 72.5 Å². The smallest absolute Gasteiger partial charge is 0.290 e. The molecule has 31 heavy (non-hydrogen) atoms. The van der Waals surface area contributed by atoms with Gasteiger partial charge in [0.15, 0.2) is 5.76 Å². The van der Waals surface area contributed by atoms with Crippen LogP contribution in [0.3, 0.4) is 0 Å². The van der Waals surface area contributed by atoms with Gasteiger partial charge in [-0.25, -0.2) is 0 Å². The number of likely N-dealkylation sites (tertiary alicyclic amines) is 1. The van der Waals surface area contributed by atoms with Crippen molar-refractivity contribution < 1.29 is 9.21 Å². The summed E-state index contributed by atoms with van der Waals surface area (Å²) in [5.41, 5.74) is 2.90. The first-order valence-electron chi connectivity index (χ1n) is 11.1. The topological polar surface area (TPSA) is 49.6 Å². The largest absolute Gasteiger partial charge is 0.455 e. The molecular weight excluding hydrogens is 386 g/mol. The second-order valence-electron chi connectivity index (χ2n) is 8.64. The van der Waals surface area contributed by atoms with Gasteiger partial charge < -0.3 is 9.32 Å². The maximum absolute atomic E-state index is 13.4. The molecule has 1 aliphatic rings. The zero-order valence-corrected chi connectivity index (χ0v) is 18.5. The highest BCUT2D eigenvalue weighted by atomic mass is 16.4. The lowest BCUT2D eigenvalue weighted by Crippen LogP contribution is -2.32. The fourth-order valence-electron chi connectivity index (χ4n) is 4.06. The molecule has 2 aromatic heterocycles. The second kappa shape index (κ2) is 9.92. The number of carbonyl (C=O) groups is 1. The van der Waals surface area contributed by atoms with Crippen molar-refractivity contribution in [3.8, 4) is 0 Å². The van der Waals surface area contributed by atoms with Gasteiger partial charge >= 0.3 is 0 Å². The summed E-state index contributed by atoms with van der Waals surface area (Å²) in [6.45, 7) is 8.16. The quantitative estimate of drug-likeness (QED) is 0.539. The lowest BCUT2D eigenvalue weighted by atomic mass is 9.99. The Morgan fingerprint density at radius 1 is 1.03 bits per heavy atom. The number of pyridine rings is 1. The molecule has 0 N–H and O–H groups in total. The first-order valence-corrected chi connectivity index (χ1v) is 11.1. The third kappa shape index (κ3) is 5.82. The van der Waals surface area contributed by atoms with Gasteiger partial charge in [0.1, 0.15) is 5.76 Å². The molecule has 0 radical (unpaired) electrons. The number of carbonyl (C=O) groups excluding carboxylic acids is 1. The molecule has 0 unspecified atom stereocenters. The molecule has 1 amide bonds. The highest BCUT2D eigenvalue weighted by Gasteiger charge is 2.22. The predicted octanol–water partition coefficient (Wildman–Crippen LogP) is 5.06. The van der Waals surface area contributed by atoms with E-state index >= 15 is 0 Å². The highest BCUT2D eigenvalue weighted by molar-refractivity contribution is 5.91. The second-order valence-corrected chi connectivity index (χ2v) is 8.64. The zero-order valence-electron chi connectivity index (χ0n) is 18.5. The van der Waals surface area contributed by atoms with Crippen molar-refractivity contribution in [2.75, 3.05) is 13.1 Å². The highest BCUT2D eigenvalue weighted by Crippen LogP contribution is 2.20. The van der Waals surface area contributed by atoms with Crippen LogP contribution in [0, 0.1) is 12.8 Å². The van der Waals surface area contributed by atoms with Gasteiger partial charge in [-0.2, -0.15) is 0 Å². The van der Waals surface area contributed by atoms with Crippen molar-refractivity contribution in [1.82, 2.24) is 14.8 Å². The Labute approximate surface area is 184 Å². The van der Waals surface area contributed by atoms with Crippen molar-refractivity contribution in [3.05, 3.63) is 89.1 Å². The van der Waals surface area contributed by atoms with Gasteiger partial charge in [0.2, 0.25) is 0 Å². The predicted molar refractivity (Wildman–Crippen MR) is 121 cm³/mol. The molecule has 3 heterocycles. The first kappa shape index (κ1) is 21.3. The van der Waals surface area contributed by atoms with Crippen molar-refractivity contribution in [1.29, 1.82) is 0 Å². The van der Waals surface area contributed by atoms with E-state index in [4.69, 9.17) is 4.42 Å². The van der Waals surface area contributed by atoms with Gasteiger partial charge in [-0.3, -0.25) is 14.7 Å². The molecule has 0 aliphatic carbocycles.